The van der Waals surface area contributed by atoms with Crippen LogP contribution >= 0.6 is 0 Å². The molecule has 5 heteroatoms. The van der Waals surface area contributed by atoms with Crippen LogP contribution in [0.1, 0.15) is 86.0 Å². The van der Waals surface area contributed by atoms with Crippen molar-refractivity contribution >= 4 is 12.1 Å². The molecule has 2 aliphatic heterocycles. The van der Waals surface area contributed by atoms with Gasteiger partial charge in [-0.3, -0.25) is 9.69 Å². The first-order valence-corrected chi connectivity index (χ1v) is 12.4. The molecule has 2 heterocycles. The van der Waals surface area contributed by atoms with E-state index in [4.69, 9.17) is 9.47 Å². The molecule has 172 valence electrons. The van der Waals surface area contributed by atoms with E-state index in [-0.39, 0.29) is 48.0 Å². The molecule has 0 radical (unpaired) electrons. The minimum Gasteiger partial charge on any atom is -0.462 e. The zero-order valence-electron chi connectivity index (χ0n) is 19.9. The number of piperidine rings is 1. The molecule has 0 unspecified atom stereocenters. The summed E-state index contributed by atoms with van der Waals surface area (Å²) in [5, 5.41) is 0. The van der Waals surface area contributed by atoms with Crippen LogP contribution in [0, 0.1) is 41.4 Å². The minimum absolute atomic E-state index is 0.000823. The predicted molar refractivity (Wildman–Crippen MR) is 119 cm³/mol. The first-order chi connectivity index (χ1) is 14.7. The van der Waals surface area contributed by atoms with Crippen molar-refractivity contribution in [3.63, 3.8) is 0 Å². The molecule has 4 rings (SSSR count). The van der Waals surface area contributed by atoms with Crippen LogP contribution in [0.3, 0.4) is 0 Å². The van der Waals surface area contributed by atoms with Gasteiger partial charge in [0, 0.05) is 17.9 Å². The number of carbonyl (C=O) groups excluding carboxylic acids is 2. The van der Waals surface area contributed by atoms with E-state index >= 15 is 0 Å². The lowest BCUT2D eigenvalue weighted by Gasteiger charge is -2.45. The number of hydrogen-bond acceptors (Lipinski definition) is 4. The summed E-state index contributed by atoms with van der Waals surface area (Å²) in [5.74, 6) is 8.67. The monoisotopic (exact) mass is 429 g/mol. The molecule has 1 amide bonds. The molecule has 8 atom stereocenters. The Labute approximate surface area is 187 Å². The molecule has 0 aromatic carbocycles. The van der Waals surface area contributed by atoms with Crippen molar-refractivity contribution in [3.8, 4) is 11.8 Å². The Morgan fingerprint density at radius 3 is 2.55 bits per heavy atom. The van der Waals surface area contributed by atoms with E-state index in [0.29, 0.717) is 11.8 Å². The summed E-state index contributed by atoms with van der Waals surface area (Å²) in [4.78, 5) is 27.3. The van der Waals surface area contributed by atoms with Gasteiger partial charge in [-0.15, -0.1) is 0 Å². The standard InChI is InChI=1S/C26H39NO4/c1-16-9-8-11-19(27(16)25(29)31-26(3,4)5)13-14-21-20-12-7-6-10-18(20)15-22-23(21)17(2)30-24(22)28/h16-23H,6-12,15H2,1-5H3/t16-,17-,18-,19+,20+,21-,22-,23-/m0/s1. The summed E-state index contributed by atoms with van der Waals surface area (Å²) in [5.41, 5.74) is -0.519. The minimum atomic E-state index is -0.519. The van der Waals surface area contributed by atoms with Crippen LogP contribution in [0.2, 0.25) is 0 Å². The summed E-state index contributed by atoms with van der Waals surface area (Å²) in [6.45, 7) is 9.85. The number of cyclic esters (lactones) is 1. The molecule has 0 N–H and O–H groups in total. The maximum absolute atomic E-state index is 13.0. The van der Waals surface area contributed by atoms with Gasteiger partial charge in [0.2, 0.25) is 0 Å². The van der Waals surface area contributed by atoms with Crippen LogP contribution in [0.25, 0.3) is 0 Å². The number of rotatable bonds is 0. The highest BCUT2D eigenvalue weighted by Crippen LogP contribution is 2.52. The van der Waals surface area contributed by atoms with Gasteiger partial charge in [0.1, 0.15) is 11.7 Å². The Bertz CT molecular complexity index is 760. The Balaban J connectivity index is 1.60. The molecule has 31 heavy (non-hydrogen) atoms. The lowest BCUT2D eigenvalue weighted by molar-refractivity contribution is -0.144. The Hall–Kier alpha value is -1.70. The summed E-state index contributed by atoms with van der Waals surface area (Å²) in [6.07, 6.45) is 8.51. The molecule has 5 nitrogen and oxygen atoms in total. The van der Waals surface area contributed by atoms with Crippen LogP contribution in [0.4, 0.5) is 4.79 Å². The van der Waals surface area contributed by atoms with Gasteiger partial charge < -0.3 is 9.47 Å². The molecule has 0 aromatic heterocycles. The van der Waals surface area contributed by atoms with Gasteiger partial charge in [-0.2, -0.15) is 0 Å². The Morgan fingerprint density at radius 1 is 1.06 bits per heavy atom. The fraction of sp³-hybridized carbons (Fsp3) is 0.846. The average Bonchev–Trinajstić information content (AvgIpc) is 2.97. The quantitative estimate of drug-likeness (QED) is 0.394. The number of esters is 1. The third kappa shape index (κ3) is 4.59. The van der Waals surface area contributed by atoms with Crippen LogP contribution in [0.5, 0.6) is 0 Å². The molecule has 2 saturated heterocycles. The summed E-state index contributed by atoms with van der Waals surface area (Å²) >= 11 is 0. The van der Waals surface area contributed by atoms with Crippen molar-refractivity contribution in [2.75, 3.05) is 0 Å². The molecular weight excluding hydrogens is 390 g/mol. The lowest BCUT2D eigenvalue weighted by Crippen LogP contribution is -2.50. The van der Waals surface area contributed by atoms with Gasteiger partial charge in [-0.1, -0.05) is 31.1 Å². The predicted octanol–water partition coefficient (Wildman–Crippen LogP) is 5.17. The number of carbonyl (C=O) groups is 2. The van der Waals surface area contributed by atoms with Crippen molar-refractivity contribution in [3.05, 3.63) is 0 Å². The SMILES string of the molecule is C[C@@H]1OC(=O)[C@H]2C[C@@H]3CCCC[C@H]3[C@H](C#C[C@H]3CCC[C@H](C)N3C(=O)OC(C)(C)C)[C@H]12. The topological polar surface area (TPSA) is 55.8 Å². The number of fused-ring (bicyclic) bond motifs is 2. The maximum Gasteiger partial charge on any atom is 0.411 e. The number of ether oxygens (including phenoxy) is 2. The highest BCUT2D eigenvalue weighted by molar-refractivity contribution is 5.75. The highest BCUT2D eigenvalue weighted by Gasteiger charge is 2.54. The van der Waals surface area contributed by atoms with E-state index in [1.54, 1.807) is 0 Å². The second-order valence-electron chi connectivity index (χ2n) is 11.3. The van der Waals surface area contributed by atoms with E-state index in [0.717, 1.165) is 25.7 Å². The average molecular weight is 430 g/mol. The van der Waals surface area contributed by atoms with Gasteiger partial charge >= 0.3 is 12.1 Å². The third-order valence-electron chi connectivity index (χ3n) is 7.94. The molecule has 0 aromatic rings. The first kappa shape index (κ1) is 22.5. The fourth-order valence-electron chi connectivity index (χ4n) is 6.59. The first-order valence-electron chi connectivity index (χ1n) is 12.4. The zero-order valence-corrected chi connectivity index (χ0v) is 19.9. The summed E-state index contributed by atoms with van der Waals surface area (Å²) < 4.78 is 11.4. The second-order valence-corrected chi connectivity index (χ2v) is 11.3. The number of likely N-dealkylation sites (tertiary alicyclic amines) is 1. The molecule has 4 aliphatic rings. The van der Waals surface area contributed by atoms with Crippen molar-refractivity contribution in [2.24, 2.45) is 29.6 Å². The van der Waals surface area contributed by atoms with Crippen LogP contribution in [-0.2, 0) is 14.3 Å². The van der Waals surface area contributed by atoms with E-state index in [9.17, 15) is 9.59 Å². The van der Waals surface area contributed by atoms with Gasteiger partial charge in [0.25, 0.3) is 0 Å². The van der Waals surface area contributed by atoms with E-state index in [1.807, 2.05) is 32.6 Å². The molecule has 0 spiro atoms. The van der Waals surface area contributed by atoms with Crippen molar-refractivity contribution < 1.29 is 19.1 Å². The summed E-state index contributed by atoms with van der Waals surface area (Å²) in [6, 6.07) is 0.00842. The van der Waals surface area contributed by atoms with E-state index in [2.05, 4.69) is 18.8 Å². The van der Waals surface area contributed by atoms with Gasteiger partial charge in [-0.05, 0) is 78.6 Å². The zero-order chi connectivity index (χ0) is 22.3. The van der Waals surface area contributed by atoms with Crippen LogP contribution in [-0.4, -0.2) is 40.8 Å². The van der Waals surface area contributed by atoms with Crippen LogP contribution in [0.15, 0.2) is 0 Å². The maximum atomic E-state index is 13.0. The van der Waals surface area contributed by atoms with Crippen molar-refractivity contribution in [1.82, 2.24) is 4.90 Å². The number of nitrogens with zero attached hydrogens (tertiary/aromatic N) is 1. The highest BCUT2D eigenvalue weighted by atomic mass is 16.6. The summed E-state index contributed by atoms with van der Waals surface area (Å²) in [7, 11) is 0. The molecule has 4 fully saturated rings. The van der Waals surface area contributed by atoms with E-state index < -0.39 is 5.60 Å². The number of amides is 1. The normalized spacial score (nSPS) is 40.2. The lowest BCUT2D eigenvalue weighted by atomic mass is 9.57. The largest absolute Gasteiger partial charge is 0.462 e. The smallest absolute Gasteiger partial charge is 0.411 e. The fourth-order valence-corrected chi connectivity index (χ4v) is 6.59. The molecular formula is C26H39NO4. The Kier molecular flexibility index (Phi) is 6.30. The van der Waals surface area contributed by atoms with E-state index in [1.165, 1.54) is 25.7 Å². The van der Waals surface area contributed by atoms with Crippen LogP contribution < -0.4 is 0 Å². The van der Waals surface area contributed by atoms with Gasteiger partial charge in [0.15, 0.2) is 0 Å². The van der Waals surface area contributed by atoms with Crippen molar-refractivity contribution in [1.29, 1.82) is 0 Å². The third-order valence-corrected chi connectivity index (χ3v) is 7.94. The van der Waals surface area contributed by atoms with Gasteiger partial charge in [-0.25, -0.2) is 4.79 Å². The Morgan fingerprint density at radius 2 is 1.81 bits per heavy atom. The molecule has 0 bridgehead atoms. The second kappa shape index (κ2) is 8.68. The molecule has 2 saturated carbocycles. The van der Waals surface area contributed by atoms with Gasteiger partial charge in [0.05, 0.1) is 12.0 Å². The number of hydrogen-bond donors (Lipinski definition) is 0. The van der Waals surface area contributed by atoms with Crippen molar-refractivity contribution in [2.45, 2.75) is 110 Å². The molecule has 2 aliphatic carbocycles.